The standard InChI is InChI=1S/C19H16F4N6O.C3H6.CH2O/c1-24-11-7-29-6-10(25-5-12(29)27-11)13-9-4-26-28-17(9)14(18(30)8-2-3-8)16(20)15(13)19(21,22)23;1-2-3-1;1-2/h4-8,18,24,30H,2-3H2,1H3,(H,26,28);1-3H2;1H2. The van der Waals surface area contributed by atoms with E-state index in [2.05, 4.69) is 25.5 Å². The van der Waals surface area contributed by atoms with Gasteiger partial charge >= 0.3 is 6.18 Å². The second-order valence-electron chi connectivity index (χ2n) is 8.39. The van der Waals surface area contributed by atoms with Crippen molar-refractivity contribution >= 4 is 29.2 Å². The van der Waals surface area contributed by atoms with Gasteiger partial charge in [0.05, 0.1) is 35.9 Å². The van der Waals surface area contributed by atoms with Crippen molar-refractivity contribution in [2.45, 2.75) is 44.4 Å². The molecular weight excluding hydrogens is 468 g/mol. The second kappa shape index (κ2) is 9.61. The van der Waals surface area contributed by atoms with E-state index in [0.717, 1.165) is 0 Å². The molecule has 2 aliphatic rings. The molecule has 2 aliphatic carbocycles. The van der Waals surface area contributed by atoms with Gasteiger partial charge in [-0.2, -0.15) is 18.3 Å². The van der Waals surface area contributed by atoms with Crippen LogP contribution in [0.1, 0.15) is 49.3 Å². The van der Waals surface area contributed by atoms with E-state index >= 15 is 4.39 Å². The Morgan fingerprint density at radius 3 is 2.46 bits per heavy atom. The predicted octanol–water partition coefficient (Wildman–Crippen LogP) is 4.90. The number of H-pyrrole nitrogens is 1. The third-order valence-corrected chi connectivity index (χ3v) is 5.74. The molecule has 0 amide bonds. The number of carbonyl (C=O) groups is 1. The lowest BCUT2D eigenvalue weighted by Gasteiger charge is -2.20. The first-order valence-electron chi connectivity index (χ1n) is 11.0. The molecule has 186 valence electrons. The summed E-state index contributed by atoms with van der Waals surface area (Å²) in [5, 5.41) is 19.8. The maximum absolute atomic E-state index is 15.3. The predicted molar refractivity (Wildman–Crippen MR) is 121 cm³/mol. The number of aromatic amines is 1. The second-order valence-corrected chi connectivity index (χ2v) is 8.39. The minimum atomic E-state index is -5.01. The summed E-state index contributed by atoms with van der Waals surface area (Å²) in [6, 6.07) is 0. The molecule has 12 heteroatoms. The Hall–Kier alpha value is -3.54. The molecule has 2 saturated carbocycles. The van der Waals surface area contributed by atoms with Crippen molar-refractivity contribution in [2.24, 2.45) is 5.92 Å². The zero-order valence-electron chi connectivity index (χ0n) is 18.9. The number of benzene rings is 1. The van der Waals surface area contributed by atoms with Crippen LogP contribution in [0, 0.1) is 11.7 Å². The Balaban J connectivity index is 0.000000526. The summed E-state index contributed by atoms with van der Waals surface area (Å²) >= 11 is 0. The van der Waals surface area contributed by atoms with E-state index < -0.39 is 34.8 Å². The van der Waals surface area contributed by atoms with Gasteiger partial charge in [-0.25, -0.2) is 9.37 Å². The number of halogens is 4. The molecule has 0 aliphatic heterocycles. The number of aliphatic hydroxyl groups excluding tert-OH is 1. The fraction of sp³-hybridized carbons (Fsp3) is 0.391. The highest BCUT2D eigenvalue weighted by atomic mass is 19.4. The minimum absolute atomic E-state index is 0.0401. The molecule has 4 aromatic rings. The quantitative estimate of drug-likeness (QED) is 0.350. The maximum Gasteiger partial charge on any atom is 0.419 e. The van der Waals surface area contributed by atoms with Crippen LogP contribution >= 0.6 is 0 Å². The lowest BCUT2D eigenvalue weighted by molar-refractivity contribution is -0.139. The van der Waals surface area contributed by atoms with E-state index in [0.29, 0.717) is 24.3 Å². The summed E-state index contributed by atoms with van der Waals surface area (Å²) in [4.78, 5) is 16.3. The summed E-state index contributed by atoms with van der Waals surface area (Å²) in [7, 11) is 1.66. The first kappa shape index (κ1) is 24.6. The number of aliphatic hydroxyl groups is 1. The Morgan fingerprint density at radius 1 is 1.20 bits per heavy atom. The molecular formula is C23H24F4N6O2. The summed E-state index contributed by atoms with van der Waals surface area (Å²) in [6.07, 6.45) is 4.86. The Labute approximate surface area is 197 Å². The van der Waals surface area contributed by atoms with Crippen LogP contribution in [-0.4, -0.2) is 43.5 Å². The summed E-state index contributed by atoms with van der Waals surface area (Å²) in [5.41, 5.74) is -1.93. The normalized spacial score (nSPS) is 15.7. The number of aromatic nitrogens is 5. The summed E-state index contributed by atoms with van der Waals surface area (Å²) < 4.78 is 59.0. The zero-order valence-corrected chi connectivity index (χ0v) is 18.9. The van der Waals surface area contributed by atoms with Crippen molar-refractivity contribution in [1.82, 2.24) is 24.6 Å². The lowest BCUT2D eigenvalue weighted by atomic mass is 9.92. The van der Waals surface area contributed by atoms with Crippen molar-refractivity contribution in [2.75, 3.05) is 12.4 Å². The van der Waals surface area contributed by atoms with E-state index in [9.17, 15) is 18.3 Å². The Morgan fingerprint density at radius 2 is 1.89 bits per heavy atom. The van der Waals surface area contributed by atoms with Crippen LogP contribution in [0.2, 0.25) is 0 Å². The van der Waals surface area contributed by atoms with Crippen molar-refractivity contribution in [3.05, 3.63) is 41.7 Å². The fourth-order valence-electron chi connectivity index (χ4n) is 3.78. The van der Waals surface area contributed by atoms with Gasteiger partial charge in [-0.1, -0.05) is 19.3 Å². The third-order valence-electron chi connectivity index (χ3n) is 5.74. The molecule has 3 aromatic heterocycles. The molecule has 8 nitrogen and oxygen atoms in total. The summed E-state index contributed by atoms with van der Waals surface area (Å²) in [6.45, 7) is 2.00. The van der Waals surface area contributed by atoms with Crippen LogP contribution in [0.15, 0.2) is 24.8 Å². The topological polar surface area (TPSA) is 108 Å². The van der Waals surface area contributed by atoms with Crippen LogP contribution in [0.5, 0.6) is 0 Å². The van der Waals surface area contributed by atoms with Gasteiger partial charge in [0.2, 0.25) is 0 Å². The Bertz CT molecular complexity index is 1340. The van der Waals surface area contributed by atoms with Gasteiger partial charge < -0.3 is 19.6 Å². The number of carbonyl (C=O) groups excluding carboxylic acids is 1. The number of hydrogen-bond acceptors (Lipinski definition) is 6. The highest BCUT2D eigenvalue weighted by Gasteiger charge is 2.43. The number of hydrogen-bond donors (Lipinski definition) is 3. The molecule has 0 saturated heterocycles. The van der Waals surface area contributed by atoms with E-state index in [1.807, 2.05) is 6.79 Å². The van der Waals surface area contributed by atoms with E-state index in [-0.39, 0.29) is 22.5 Å². The van der Waals surface area contributed by atoms with Gasteiger partial charge in [0, 0.05) is 29.8 Å². The molecule has 3 heterocycles. The maximum atomic E-state index is 15.3. The average molecular weight is 492 g/mol. The lowest BCUT2D eigenvalue weighted by Crippen LogP contribution is -2.16. The van der Waals surface area contributed by atoms with Gasteiger partial charge in [-0.15, -0.1) is 0 Å². The zero-order chi connectivity index (χ0) is 25.3. The Kier molecular flexibility index (Phi) is 6.75. The third kappa shape index (κ3) is 4.83. The first-order chi connectivity index (χ1) is 16.8. The molecule has 0 bridgehead atoms. The van der Waals surface area contributed by atoms with Crippen molar-refractivity contribution < 1.29 is 27.5 Å². The van der Waals surface area contributed by atoms with Crippen molar-refractivity contribution in [3.63, 3.8) is 0 Å². The molecule has 1 aromatic carbocycles. The van der Waals surface area contributed by atoms with Gasteiger partial charge in [-0.3, -0.25) is 10.1 Å². The van der Waals surface area contributed by atoms with E-state index in [1.54, 1.807) is 13.2 Å². The van der Waals surface area contributed by atoms with Crippen LogP contribution in [0.25, 0.3) is 27.8 Å². The number of nitrogens with one attached hydrogen (secondary N) is 2. The molecule has 35 heavy (non-hydrogen) atoms. The number of nitrogens with zero attached hydrogens (tertiary/aromatic N) is 4. The average Bonchev–Trinajstić information content (AvgIpc) is 3.78. The van der Waals surface area contributed by atoms with Crippen LogP contribution in [0.3, 0.4) is 0 Å². The highest BCUT2D eigenvalue weighted by Crippen LogP contribution is 2.49. The molecule has 2 fully saturated rings. The molecule has 6 rings (SSSR count). The summed E-state index contributed by atoms with van der Waals surface area (Å²) in [5.74, 6) is -1.26. The number of imidazole rings is 1. The molecule has 0 spiro atoms. The molecule has 0 radical (unpaired) electrons. The fourth-order valence-corrected chi connectivity index (χ4v) is 3.78. The highest BCUT2D eigenvalue weighted by molar-refractivity contribution is 5.97. The van der Waals surface area contributed by atoms with Gasteiger partial charge in [-0.05, 0) is 18.8 Å². The molecule has 3 N–H and O–H groups in total. The van der Waals surface area contributed by atoms with Crippen molar-refractivity contribution in [1.29, 1.82) is 0 Å². The van der Waals surface area contributed by atoms with Gasteiger partial charge in [0.15, 0.2) is 5.65 Å². The van der Waals surface area contributed by atoms with E-state index in [1.165, 1.54) is 42.3 Å². The van der Waals surface area contributed by atoms with Crippen LogP contribution in [-0.2, 0) is 11.0 Å². The molecule has 1 atom stereocenters. The van der Waals surface area contributed by atoms with E-state index in [4.69, 9.17) is 4.79 Å². The number of fused-ring (bicyclic) bond motifs is 2. The van der Waals surface area contributed by atoms with Crippen LogP contribution < -0.4 is 5.32 Å². The van der Waals surface area contributed by atoms with Gasteiger partial charge in [0.1, 0.15) is 24.0 Å². The smallest absolute Gasteiger partial charge is 0.388 e. The number of anilines is 1. The molecule has 1 unspecified atom stereocenters. The largest absolute Gasteiger partial charge is 0.419 e. The van der Waals surface area contributed by atoms with Crippen molar-refractivity contribution in [3.8, 4) is 11.3 Å². The minimum Gasteiger partial charge on any atom is -0.388 e. The SMILES string of the molecule is C1CC1.C=O.CNc1cn2cc(-c3c(C(F)(F)F)c(F)c(C(O)C4CC4)c4[nH]ncc34)ncc2n1. The monoisotopic (exact) mass is 492 g/mol. The number of alkyl halides is 3. The number of rotatable bonds is 4. The van der Waals surface area contributed by atoms with Gasteiger partial charge in [0.25, 0.3) is 0 Å². The first-order valence-corrected chi connectivity index (χ1v) is 11.0. The van der Waals surface area contributed by atoms with Crippen LogP contribution in [0.4, 0.5) is 23.4 Å².